The minimum atomic E-state index is -1.06. The molecule has 0 bridgehead atoms. The number of fused-ring (bicyclic) bond motifs is 3. The molecule has 1 unspecified atom stereocenters. The molecule has 0 saturated carbocycles. The number of anilines is 4. The second-order valence-corrected chi connectivity index (χ2v) is 16.4. The number of carbonyl (C=O) groups is 5. The molecule has 2 saturated heterocycles. The Hall–Kier alpha value is -6.75. The summed E-state index contributed by atoms with van der Waals surface area (Å²) in [6, 6.07) is 15.9. The first-order valence-electron chi connectivity index (χ1n) is 20.4. The quantitative estimate of drug-likeness (QED) is 0.135. The van der Waals surface area contributed by atoms with Gasteiger partial charge in [0.15, 0.2) is 18.1 Å². The van der Waals surface area contributed by atoms with E-state index >= 15 is 0 Å². The Bertz CT molecular complexity index is 2650. The Morgan fingerprint density at radius 3 is 2.43 bits per heavy atom. The van der Waals surface area contributed by atoms with E-state index < -0.39 is 29.7 Å². The van der Waals surface area contributed by atoms with Crippen LogP contribution in [0.25, 0.3) is 11.0 Å². The zero-order valence-corrected chi connectivity index (χ0v) is 34.8. The molecular formula is C44H44N10O6S. The lowest BCUT2D eigenvalue weighted by atomic mass is 9.93. The van der Waals surface area contributed by atoms with Gasteiger partial charge in [0, 0.05) is 63.1 Å². The van der Waals surface area contributed by atoms with Crippen molar-refractivity contribution in [3.8, 4) is 5.75 Å². The molecule has 3 aromatic carbocycles. The second-order valence-electron chi connectivity index (χ2n) is 16.0. The summed E-state index contributed by atoms with van der Waals surface area (Å²) in [6.45, 7) is 6.48. The summed E-state index contributed by atoms with van der Waals surface area (Å²) < 4.78 is 7.55. The Labute approximate surface area is 356 Å². The molecular weight excluding hydrogens is 797 g/mol. The molecule has 4 aliphatic rings. The summed E-state index contributed by atoms with van der Waals surface area (Å²) in [5.41, 5.74) is 7.57. The number of nitrogens with zero attached hydrogens (tertiary/aromatic N) is 7. The lowest BCUT2D eigenvalue weighted by molar-refractivity contribution is -0.136. The molecule has 61 heavy (non-hydrogen) atoms. The average Bonchev–Trinajstić information content (AvgIpc) is 3.70. The largest absolute Gasteiger partial charge is 0.484 e. The van der Waals surface area contributed by atoms with Gasteiger partial charge in [0.2, 0.25) is 17.8 Å². The average molecular weight is 841 g/mol. The maximum absolute atomic E-state index is 13.2. The Morgan fingerprint density at radius 2 is 1.66 bits per heavy atom. The molecule has 0 spiro atoms. The van der Waals surface area contributed by atoms with E-state index in [1.165, 1.54) is 29.3 Å². The van der Waals surface area contributed by atoms with E-state index in [1.807, 2.05) is 13.1 Å². The summed E-state index contributed by atoms with van der Waals surface area (Å²) in [7, 11) is 1.87. The normalized spacial score (nSPS) is 18.0. The summed E-state index contributed by atoms with van der Waals surface area (Å²) in [6.07, 6.45) is 4.23. The SMILES string of the molecule is Cc1cccc(C)c1Nc1nn(C)c2nc(Nc3ccc4c(c3)CN(C(=S)C3CCN(C(=O)COc5ccc6c(c5)C(=O)N(C5CCC(=O)NC5=O)C6=O)CC3)CC4)ncc12. The van der Waals surface area contributed by atoms with Gasteiger partial charge in [-0.3, -0.25) is 34.2 Å². The van der Waals surface area contributed by atoms with Gasteiger partial charge in [-0.1, -0.05) is 36.5 Å². The third-order valence-electron chi connectivity index (χ3n) is 12.1. The van der Waals surface area contributed by atoms with Gasteiger partial charge in [0.1, 0.15) is 11.8 Å². The summed E-state index contributed by atoms with van der Waals surface area (Å²) in [5.74, 6) is -0.950. The number of aryl methyl sites for hydroxylation is 3. The molecule has 312 valence electrons. The number of amides is 5. The highest BCUT2D eigenvalue weighted by molar-refractivity contribution is 7.80. The first kappa shape index (κ1) is 39.7. The van der Waals surface area contributed by atoms with Crippen molar-refractivity contribution in [1.82, 2.24) is 39.8 Å². The van der Waals surface area contributed by atoms with Crippen molar-refractivity contribution in [2.45, 2.75) is 58.5 Å². The molecule has 1 atom stereocenters. The van der Waals surface area contributed by atoms with Gasteiger partial charge >= 0.3 is 0 Å². The lowest BCUT2D eigenvalue weighted by Crippen LogP contribution is -2.54. The molecule has 0 radical (unpaired) electrons. The number of nitrogens with one attached hydrogen (secondary N) is 3. The van der Waals surface area contributed by atoms with Crippen LogP contribution in [0.1, 0.15) is 68.7 Å². The molecule has 5 aromatic rings. The monoisotopic (exact) mass is 840 g/mol. The third kappa shape index (κ3) is 7.65. The molecule has 2 fully saturated rings. The van der Waals surface area contributed by atoms with E-state index in [0.29, 0.717) is 37.0 Å². The van der Waals surface area contributed by atoms with Crippen LogP contribution in [0.15, 0.2) is 60.8 Å². The number of carbonyl (C=O) groups excluding carboxylic acids is 5. The van der Waals surface area contributed by atoms with Crippen LogP contribution in [-0.2, 0) is 34.4 Å². The van der Waals surface area contributed by atoms with E-state index in [2.05, 4.69) is 70.0 Å². The van der Waals surface area contributed by atoms with Crippen LogP contribution < -0.4 is 20.7 Å². The fourth-order valence-corrected chi connectivity index (χ4v) is 9.07. The molecule has 5 amide bonds. The summed E-state index contributed by atoms with van der Waals surface area (Å²) in [4.78, 5) is 78.7. The van der Waals surface area contributed by atoms with Crippen LogP contribution in [0, 0.1) is 19.8 Å². The van der Waals surface area contributed by atoms with E-state index in [-0.39, 0.29) is 48.2 Å². The first-order chi connectivity index (χ1) is 29.4. The molecule has 16 nitrogen and oxygen atoms in total. The zero-order chi connectivity index (χ0) is 42.5. The summed E-state index contributed by atoms with van der Waals surface area (Å²) in [5, 5.41) is 14.6. The lowest BCUT2D eigenvalue weighted by Gasteiger charge is -2.38. The van der Waals surface area contributed by atoms with Crippen molar-refractivity contribution in [2.24, 2.45) is 13.0 Å². The molecule has 6 heterocycles. The van der Waals surface area contributed by atoms with Crippen molar-refractivity contribution >= 4 is 80.9 Å². The fraction of sp³-hybridized carbons (Fsp3) is 0.341. The van der Waals surface area contributed by atoms with Gasteiger partial charge in [0.25, 0.3) is 17.7 Å². The highest BCUT2D eigenvalue weighted by Gasteiger charge is 2.45. The maximum atomic E-state index is 13.2. The van der Waals surface area contributed by atoms with Crippen LogP contribution in [0.4, 0.5) is 23.1 Å². The van der Waals surface area contributed by atoms with Gasteiger partial charge in [-0.2, -0.15) is 10.1 Å². The molecule has 4 aliphatic heterocycles. The first-order valence-corrected chi connectivity index (χ1v) is 20.8. The highest BCUT2D eigenvalue weighted by atomic mass is 32.1. The predicted molar refractivity (Wildman–Crippen MR) is 230 cm³/mol. The molecule has 9 rings (SSSR count). The number of hydrogen-bond donors (Lipinski definition) is 3. The number of aromatic nitrogens is 4. The smallest absolute Gasteiger partial charge is 0.262 e. The number of hydrogen-bond acceptors (Lipinski definition) is 12. The second kappa shape index (κ2) is 16.0. The standard InChI is InChI=1S/C44H44N10O6S/c1-24-5-4-6-25(2)37(24)48-38-33-21-45-44(49-39(33)51(3)50-38)46-29-8-7-26-13-18-53(22-28(26)19-29)43(61)27-14-16-52(17-15-27)36(56)23-60-30-9-10-31-32(20-30)42(59)54(41(31)58)34-11-12-35(55)47-40(34)57/h4-10,19-21,27,34H,11-18,22-23H2,1-3H3,(H,48,50)(H,45,46,49)(H,47,55,57). The van der Waals surface area contributed by atoms with Crippen LogP contribution >= 0.6 is 12.2 Å². The molecule has 2 aromatic heterocycles. The number of thiocarbonyl (C=S) groups is 1. The van der Waals surface area contributed by atoms with Gasteiger partial charge in [-0.25, -0.2) is 9.67 Å². The van der Waals surface area contributed by atoms with Gasteiger partial charge in [0.05, 0.1) is 21.5 Å². The predicted octanol–water partition coefficient (Wildman–Crippen LogP) is 4.87. The van der Waals surface area contributed by atoms with E-state index in [9.17, 15) is 24.0 Å². The molecule has 3 N–H and O–H groups in total. The minimum absolute atomic E-state index is 0.0354. The van der Waals surface area contributed by atoms with Crippen LogP contribution in [0.2, 0.25) is 0 Å². The van der Waals surface area contributed by atoms with E-state index in [0.717, 1.165) is 63.6 Å². The van der Waals surface area contributed by atoms with Crippen molar-refractivity contribution in [3.63, 3.8) is 0 Å². The van der Waals surface area contributed by atoms with Crippen molar-refractivity contribution in [2.75, 3.05) is 36.9 Å². The van der Waals surface area contributed by atoms with Gasteiger partial charge < -0.3 is 25.2 Å². The van der Waals surface area contributed by atoms with Crippen molar-refractivity contribution in [3.05, 3.63) is 94.2 Å². The zero-order valence-electron chi connectivity index (χ0n) is 34.0. The van der Waals surface area contributed by atoms with Crippen molar-refractivity contribution in [1.29, 1.82) is 0 Å². The van der Waals surface area contributed by atoms with E-state index in [1.54, 1.807) is 15.8 Å². The Balaban J connectivity index is 0.774. The number of para-hydroxylation sites is 1. The Kier molecular flexibility index (Phi) is 10.4. The van der Waals surface area contributed by atoms with Crippen LogP contribution in [-0.4, -0.2) is 101 Å². The van der Waals surface area contributed by atoms with Crippen molar-refractivity contribution < 1.29 is 28.7 Å². The maximum Gasteiger partial charge on any atom is 0.262 e. The number of benzene rings is 3. The molecule has 0 aliphatic carbocycles. The Morgan fingerprint density at radius 1 is 0.885 bits per heavy atom. The number of piperidine rings is 2. The third-order valence-corrected chi connectivity index (χ3v) is 12.7. The fourth-order valence-electron chi connectivity index (χ4n) is 8.68. The molecule has 17 heteroatoms. The van der Waals surface area contributed by atoms with Gasteiger partial charge in [-0.15, -0.1) is 0 Å². The van der Waals surface area contributed by atoms with E-state index in [4.69, 9.17) is 27.0 Å². The number of imide groups is 2. The number of likely N-dealkylation sites (tertiary alicyclic amines) is 1. The number of ether oxygens (including phenoxy) is 1. The summed E-state index contributed by atoms with van der Waals surface area (Å²) >= 11 is 6.07. The van der Waals surface area contributed by atoms with Crippen LogP contribution in [0.3, 0.4) is 0 Å². The minimum Gasteiger partial charge on any atom is -0.484 e. The number of rotatable bonds is 9. The van der Waals surface area contributed by atoms with Gasteiger partial charge in [-0.05, 0) is 92.1 Å². The topological polar surface area (TPSA) is 184 Å². The van der Waals surface area contributed by atoms with Crippen LogP contribution in [0.5, 0.6) is 5.75 Å². The highest BCUT2D eigenvalue weighted by Crippen LogP contribution is 2.33.